The number of benzene rings is 1. The van der Waals surface area contributed by atoms with Crippen molar-refractivity contribution < 1.29 is 9.18 Å². The highest BCUT2D eigenvalue weighted by Gasteiger charge is 2.24. The lowest BCUT2D eigenvalue weighted by Crippen LogP contribution is -2.39. The molecule has 1 heterocycles. The van der Waals surface area contributed by atoms with E-state index in [1.54, 1.807) is 12.1 Å². The molecule has 0 spiro atoms. The van der Waals surface area contributed by atoms with Crippen molar-refractivity contribution in [3.63, 3.8) is 0 Å². The zero-order valence-corrected chi connectivity index (χ0v) is 11.7. The number of likely N-dealkylation sites (tertiary alicyclic amines) is 1. The van der Waals surface area contributed by atoms with Crippen molar-refractivity contribution in [3.8, 4) is 11.8 Å². The Hall–Kier alpha value is -1.86. The van der Waals surface area contributed by atoms with Crippen LogP contribution in [0.3, 0.4) is 0 Å². The molecule has 1 unspecified atom stereocenters. The summed E-state index contributed by atoms with van der Waals surface area (Å²) in [4.78, 5) is 13.9. The minimum absolute atomic E-state index is 0.0840. The average Bonchev–Trinajstić information content (AvgIpc) is 2.44. The van der Waals surface area contributed by atoms with Crippen LogP contribution in [-0.2, 0) is 11.3 Å². The van der Waals surface area contributed by atoms with Crippen molar-refractivity contribution in [2.24, 2.45) is 11.7 Å². The van der Waals surface area contributed by atoms with Crippen molar-refractivity contribution in [1.29, 1.82) is 0 Å². The summed E-state index contributed by atoms with van der Waals surface area (Å²) in [5, 5.41) is 0. The number of amides is 1. The minimum Gasteiger partial charge on any atom is -0.338 e. The molecule has 1 aromatic rings. The van der Waals surface area contributed by atoms with Crippen molar-refractivity contribution in [2.75, 3.05) is 13.1 Å². The van der Waals surface area contributed by atoms with Gasteiger partial charge in [-0.1, -0.05) is 24.8 Å². The number of hydrogen-bond donors (Lipinski definition) is 1. The van der Waals surface area contributed by atoms with E-state index in [4.69, 9.17) is 5.73 Å². The fourth-order valence-electron chi connectivity index (χ4n) is 2.42. The van der Waals surface area contributed by atoms with E-state index >= 15 is 0 Å². The Morgan fingerprint density at radius 1 is 1.50 bits per heavy atom. The first kappa shape index (κ1) is 14.5. The second kappa shape index (κ2) is 6.53. The zero-order chi connectivity index (χ0) is 14.5. The van der Waals surface area contributed by atoms with Crippen LogP contribution >= 0.6 is 0 Å². The van der Waals surface area contributed by atoms with Crippen LogP contribution in [0.5, 0.6) is 0 Å². The molecule has 1 amide bonds. The highest BCUT2D eigenvalue weighted by Crippen LogP contribution is 2.20. The quantitative estimate of drug-likeness (QED) is 0.837. The predicted octanol–water partition coefficient (Wildman–Crippen LogP) is 1.89. The Balaban J connectivity index is 2.15. The lowest BCUT2D eigenvalue weighted by Gasteiger charge is -2.30. The molecule has 0 radical (unpaired) electrons. The topological polar surface area (TPSA) is 46.3 Å². The van der Waals surface area contributed by atoms with Gasteiger partial charge in [0, 0.05) is 19.0 Å². The van der Waals surface area contributed by atoms with Gasteiger partial charge >= 0.3 is 0 Å². The fraction of sp³-hybridized carbons (Fsp3) is 0.438. The van der Waals surface area contributed by atoms with Crippen LogP contribution in [0.25, 0.3) is 0 Å². The van der Waals surface area contributed by atoms with E-state index in [-0.39, 0.29) is 24.2 Å². The zero-order valence-electron chi connectivity index (χ0n) is 11.7. The molecule has 2 N–H and O–H groups in total. The third-order valence-electron chi connectivity index (χ3n) is 3.53. The van der Waals surface area contributed by atoms with Crippen molar-refractivity contribution in [2.45, 2.75) is 26.3 Å². The number of nitrogens with zero attached hydrogens (tertiary/aromatic N) is 1. The maximum atomic E-state index is 13.6. The van der Waals surface area contributed by atoms with Crippen LogP contribution in [-0.4, -0.2) is 23.9 Å². The SMILES string of the molecule is CC1CCCN(Cc2ccc(F)c(C#CCN)c2)C1=O. The van der Waals surface area contributed by atoms with E-state index in [2.05, 4.69) is 11.8 Å². The van der Waals surface area contributed by atoms with E-state index in [9.17, 15) is 9.18 Å². The molecule has 2 rings (SSSR count). The van der Waals surface area contributed by atoms with Crippen LogP contribution in [0.15, 0.2) is 18.2 Å². The Labute approximate surface area is 119 Å². The monoisotopic (exact) mass is 274 g/mol. The summed E-state index contributed by atoms with van der Waals surface area (Å²) >= 11 is 0. The minimum atomic E-state index is -0.354. The summed E-state index contributed by atoms with van der Waals surface area (Å²) in [6.07, 6.45) is 1.97. The molecule has 1 aliphatic rings. The number of piperidine rings is 1. The van der Waals surface area contributed by atoms with Crippen LogP contribution < -0.4 is 5.73 Å². The van der Waals surface area contributed by atoms with Crippen LogP contribution in [0.2, 0.25) is 0 Å². The molecule has 1 aliphatic heterocycles. The van der Waals surface area contributed by atoms with E-state index in [0.29, 0.717) is 12.1 Å². The second-order valence-corrected chi connectivity index (χ2v) is 5.12. The van der Waals surface area contributed by atoms with E-state index in [1.165, 1.54) is 6.07 Å². The van der Waals surface area contributed by atoms with Gasteiger partial charge in [0.2, 0.25) is 5.91 Å². The highest BCUT2D eigenvalue weighted by molar-refractivity contribution is 5.79. The molecular weight excluding hydrogens is 255 g/mol. The number of carbonyl (C=O) groups is 1. The molecule has 0 aliphatic carbocycles. The first-order chi connectivity index (χ1) is 9.61. The molecule has 3 nitrogen and oxygen atoms in total. The van der Waals surface area contributed by atoms with E-state index in [1.807, 2.05) is 11.8 Å². The van der Waals surface area contributed by atoms with Gasteiger partial charge in [-0.2, -0.15) is 0 Å². The molecule has 1 atom stereocenters. The van der Waals surface area contributed by atoms with Gasteiger partial charge in [-0.3, -0.25) is 4.79 Å². The highest BCUT2D eigenvalue weighted by atomic mass is 19.1. The standard InChI is InChI=1S/C16H19FN2O/c1-12-4-3-9-19(16(12)20)11-13-6-7-15(17)14(10-13)5-2-8-18/h6-7,10,12H,3-4,8-9,11,18H2,1H3. The third kappa shape index (κ3) is 3.37. The average molecular weight is 274 g/mol. The summed E-state index contributed by atoms with van der Waals surface area (Å²) in [5.41, 5.74) is 6.54. The van der Waals surface area contributed by atoms with E-state index in [0.717, 1.165) is 24.9 Å². The largest absolute Gasteiger partial charge is 0.338 e. The molecular formula is C16H19FN2O. The van der Waals surface area contributed by atoms with Crippen molar-refractivity contribution in [3.05, 3.63) is 35.1 Å². The maximum absolute atomic E-state index is 13.6. The van der Waals surface area contributed by atoms with Gasteiger partial charge in [-0.05, 0) is 30.5 Å². The van der Waals surface area contributed by atoms with E-state index < -0.39 is 0 Å². The number of nitrogens with two attached hydrogens (primary N) is 1. The molecule has 0 saturated carbocycles. The molecule has 4 heteroatoms. The Bertz CT molecular complexity index is 559. The van der Waals surface area contributed by atoms with Gasteiger partial charge in [0.25, 0.3) is 0 Å². The number of rotatable bonds is 2. The summed E-state index contributed by atoms with van der Waals surface area (Å²) in [7, 11) is 0. The Morgan fingerprint density at radius 3 is 3.05 bits per heavy atom. The number of hydrogen-bond acceptors (Lipinski definition) is 2. The third-order valence-corrected chi connectivity index (χ3v) is 3.53. The maximum Gasteiger partial charge on any atom is 0.225 e. The predicted molar refractivity (Wildman–Crippen MR) is 76.1 cm³/mol. The molecule has 106 valence electrons. The van der Waals surface area contributed by atoms with Crippen molar-refractivity contribution in [1.82, 2.24) is 4.90 Å². The first-order valence-corrected chi connectivity index (χ1v) is 6.88. The van der Waals surface area contributed by atoms with Gasteiger partial charge in [-0.25, -0.2) is 4.39 Å². The lowest BCUT2D eigenvalue weighted by atomic mass is 9.98. The normalized spacial score (nSPS) is 18.6. The fourth-order valence-corrected chi connectivity index (χ4v) is 2.42. The second-order valence-electron chi connectivity index (χ2n) is 5.12. The molecule has 1 aromatic carbocycles. The molecule has 0 bridgehead atoms. The van der Waals surface area contributed by atoms with Crippen LogP contribution in [0.4, 0.5) is 4.39 Å². The van der Waals surface area contributed by atoms with Crippen molar-refractivity contribution >= 4 is 5.91 Å². The van der Waals surface area contributed by atoms with Gasteiger partial charge in [0.1, 0.15) is 5.82 Å². The summed E-state index contributed by atoms with van der Waals surface area (Å²) in [5.74, 6) is 5.27. The van der Waals surface area contributed by atoms with Gasteiger partial charge in [-0.15, -0.1) is 0 Å². The molecule has 1 saturated heterocycles. The number of halogens is 1. The van der Waals surface area contributed by atoms with Crippen LogP contribution in [0, 0.1) is 23.6 Å². The number of carbonyl (C=O) groups excluding carboxylic acids is 1. The summed E-state index contributed by atoms with van der Waals surface area (Å²) < 4.78 is 13.6. The lowest BCUT2D eigenvalue weighted by molar-refractivity contribution is -0.138. The summed E-state index contributed by atoms with van der Waals surface area (Å²) in [6.45, 7) is 3.44. The first-order valence-electron chi connectivity index (χ1n) is 6.88. The summed E-state index contributed by atoms with van der Waals surface area (Å²) in [6, 6.07) is 4.80. The smallest absolute Gasteiger partial charge is 0.225 e. The molecule has 20 heavy (non-hydrogen) atoms. The van der Waals surface area contributed by atoms with Gasteiger partial charge in [0.15, 0.2) is 0 Å². The molecule has 0 aromatic heterocycles. The van der Waals surface area contributed by atoms with Crippen LogP contribution in [0.1, 0.15) is 30.9 Å². The Morgan fingerprint density at radius 2 is 2.30 bits per heavy atom. The Kier molecular flexibility index (Phi) is 4.75. The molecule has 1 fully saturated rings. The van der Waals surface area contributed by atoms with Gasteiger partial charge in [0.05, 0.1) is 12.1 Å². The van der Waals surface area contributed by atoms with Gasteiger partial charge < -0.3 is 10.6 Å².